The van der Waals surface area contributed by atoms with Crippen LogP contribution >= 0.6 is 0 Å². The zero-order valence-electron chi connectivity index (χ0n) is 13.4. The fraction of sp³-hybridized carbons (Fsp3) is 0.786. The zero-order valence-corrected chi connectivity index (χ0v) is 13.4. The highest BCUT2D eigenvalue weighted by atomic mass is 15.3. The molecule has 1 atom stereocenters. The quantitative estimate of drug-likeness (QED) is 0.810. The molecule has 6 heteroatoms. The summed E-state index contributed by atoms with van der Waals surface area (Å²) in [5.41, 5.74) is 1.22. The first-order chi connectivity index (χ1) is 9.49. The van der Waals surface area contributed by atoms with Crippen LogP contribution in [0, 0.1) is 0 Å². The summed E-state index contributed by atoms with van der Waals surface area (Å²) in [6.07, 6.45) is 1.96. The number of nitrogens with zero attached hydrogens (tertiary/aromatic N) is 5. The third kappa shape index (κ3) is 3.50. The minimum atomic E-state index is 0.593. The SMILES string of the molecule is CN1CCN(C)C(CNCc2cnc(N(C)C)n2C)C1. The Bertz CT molecular complexity index is 427. The molecule has 1 aromatic rings. The molecule has 1 saturated heterocycles. The van der Waals surface area contributed by atoms with E-state index in [0.29, 0.717) is 6.04 Å². The van der Waals surface area contributed by atoms with Crippen molar-refractivity contribution in [3.05, 3.63) is 11.9 Å². The number of rotatable bonds is 5. The molecule has 114 valence electrons. The van der Waals surface area contributed by atoms with Gasteiger partial charge in [-0.05, 0) is 14.1 Å². The normalized spacial score (nSPS) is 21.4. The standard InChI is InChI=1S/C14H28N6/c1-17(2)14-16-10-12(20(14)5)8-15-9-13-11-18(3)6-7-19(13)4/h10,13,15H,6-9,11H2,1-5H3. The molecule has 0 aliphatic carbocycles. The molecule has 1 N–H and O–H groups in total. The van der Waals surface area contributed by atoms with Crippen molar-refractivity contribution in [1.82, 2.24) is 24.7 Å². The number of piperazine rings is 1. The number of aromatic nitrogens is 2. The van der Waals surface area contributed by atoms with Crippen LogP contribution in [0.1, 0.15) is 5.69 Å². The first-order valence-electron chi connectivity index (χ1n) is 7.26. The van der Waals surface area contributed by atoms with Crippen LogP contribution in [0.25, 0.3) is 0 Å². The third-order valence-electron chi connectivity index (χ3n) is 4.13. The smallest absolute Gasteiger partial charge is 0.204 e. The lowest BCUT2D eigenvalue weighted by Crippen LogP contribution is -2.53. The average molecular weight is 280 g/mol. The fourth-order valence-electron chi connectivity index (χ4n) is 2.70. The minimum Gasteiger partial charge on any atom is -0.348 e. The van der Waals surface area contributed by atoms with E-state index < -0.39 is 0 Å². The van der Waals surface area contributed by atoms with Crippen molar-refractivity contribution in [2.75, 3.05) is 59.3 Å². The predicted molar refractivity (Wildman–Crippen MR) is 83.2 cm³/mol. The van der Waals surface area contributed by atoms with Crippen LogP contribution in [-0.4, -0.2) is 79.8 Å². The highest BCUT2D eigenvalue weighted by molar-refractivity contribution is 5.30. The number of anilines is 1. The molecule has 1 aliphatic rings. The van der Waals surface area contributed by atoms with Gasteiger partial charge in [0, 0.05) is 59.9 Å². The zero-order chi connectivity index (χ0) is 14.7. The van der Waals surface area contributed by atoms with Crippen molar-refractivity contribution in [3.63, 3.8) is 0 Å². The van der Waals surface area contributed by atoms with E-state index in [2.05, 4.69) is 45.8 Å². The monoisotopic (exact) mass is 280 g/mol. The fourth-order valence-corrected chi connectivity index (χ4v) is 2.70. The summed E-state index contributed by atoms with van der Waals surface area (Å²) in [5.74, 6) is 0.997. The minimum absolute atomic E-state index is 0.593. The van der Waals surface area contributed by atoms with Gasteiger partial charge < -0.3 is 19.7 Å². The van der Waals surface area contributed by atoms with Crippen LogP contribution < -0.4 is 10.2 Å². The molecule has 0 radical (unpaired) electrons. The van der Waals surface area contributed by atoms with E-state index in [1.807, 2.05) is 25.2 Å². The molecule has 6 nitrogen and oxygen atoms in total. The van der Waals surface area contributed by atoms with Crippen LogP contribution in [0.15, 0.2) is 6.20 Å². The Labute approximate surface area is 122 Å². The maximum atomic E-state index is 4.44. The van der Waals surface area contributed by atoms with Crippen molar-refractivity contribution >= 4 is 5.95 Å². The van der Waals surface area contributed by atoms with E-state index in [0.717, 1.165) is 32.1 Å². The Morgan fingerprint density at radius 3 is 2.70 bits per heavy atom. The molecule has 0 amide bonds. The average Bonchev–Trinajstić information content (AvgIpc) is 2.75. The lowest BCUT2D eigenvalue weighted by Gasteiger charge is -2.37. The molecular formula is C14H28N6. The second-order valence-electron chi connectivity index (χ2n) is 6.03. The van der Waals surface area contributed by atoms with Crippen molar-refractivity contribution in [2.24, 2.45) is 7.05 Å². The van der Waals surface area contributed by atoms with Crippen LogP contribution in [0.2, 0.25) is 0 Å². The van der Waals surface area contributed by atoms with E-state index in [1.165, 1.54) is 12.2 Å². The lowest BCUT2D eigenvalue weighted by molar-refractivity contribution is 0.113. The Morgan fingerprint density at radius 2 is 2.05 bits per heavy atom. The van der Waals surface area contributed by atoms with Crippen molar-refractivity contribution in [1.29, 1.82) is 0 Å². The molecule has 0 saturated carbocycles. The Balaban J connectivity index is 1.83. The topological polar surface area (TPSA) is 39.6 Å². The first kappa shape index (κ1) is 15.3. The predicted octanol–water partition coefficient (Wildman–Crippen LogP) is -0.178. The van der Waals surface area contributed by atoms with Crippen molar-refractivity contribution < 1.29 is 0 Å². The molecule has 1 unspecified atom stereocenters. The molecule has 1 aliphatic heterocycles. The molecule has 2 rings (SSSR count). The number of nitrogens with one attached hydrogen (secondary N) is 1. The number of likely N-dealkylation sites (N-methyl/N-ethyl adjacent to an activating group) is 2. The highest BCUT2D eigenvalue weighted by Crippen LogP contribution is 2.11. The van der Waals surface area contributed by atoms with Gasteiger partial charge in [-0.1, -0.05) is 0 Å². The summed E-state index contributed by atoms with van der Waals surface area (Å²) < 4.78 is 2.14. The molecule has 1 aromatic heterocycles. The number of hydrogen-bond acceptors (Lipinski definition) is 5. The van der Waals surface area contributed by atoms with Gasteiger partial charge >= 0.3 is 0 Å². The molecule has 0 bridgehead atoms. The Morgan fingerprint density at radius 1 is 1.30 bits per heavy atom. The summed E-state index contributed by atoms with van der Waals surface area (Å²) in [5, 5.41) is 3.57. The van der Waals surface area contributed by atoms with Crippen LogP contribution in [0.5, 0.6) is 0 Å². The lowest BCUT2D eigenvalue weighted by atomic mass is 10.2. The Hall–Kier alpha value is -1.11. The van der Waals surface area contributed by atoms with Gasteiger partial charge in [0.1, 0.15) is 0 Å². The summed E-state index contributed by atoms with van der Waals surface area (Å²) in [4.78, 5) is 11.3. The second-order valence-corrected chi connectivity index (χ2v) is 6.03. The van der Waals surface area contributed by atoms with Crippen molar-refractivity contribution in [2.45, 2.75) is 12.6 Å². The van der Waals surface area contributed by atoms with Crippen LogP contribution in [-0.2, 0) is 13.6 Å². The highest BCUT2D eigenvalue weighted by Gasteiger charge is 2.21. The second kappa shape index (κ2) is 6.56. The van der Waals surface area contributed by atoms with Gasteiger partial charge in [0.25, 0.3) is 0 Å². The molecular weight excluding hydrogens is 252 g/mol. The summed E-state index contributed by atoms with van der Waals surface area (Å²) in [7, 11) is 10.5. The van der Waals surface area contributed by atoms with Gasteiger partial charge in [0.2, 0.25) is 5.95 Å². The maximum Gasteiger partial charge on any atom is 0.204 e. The van der Waals surface area contributed by atoms with Gasteiger partial charge in [0.05, 0.1) is 11.9 Å². The van der Waals surface area contributed by atoms with E-state index in [9.17, 15) is 0 Å². The number of hydrogen-bond donors (Lipinski definition) is 1. The van der Waals surface area contributed by atoms with Crippen LogP contribution in [0.4, 0.5) is 5.95 Å². The number of imidazole rings is 1. The van der Waals surface area contributed by atoms with Crippen molar-refractivity contribution in [3.8, 4) is 0 Å². The van der Waals surface area contributed by atoms with Gasteiger partial charge in [-0.15, -0.1) is 0 Å². The van der Waals surface area contributed by atoms with E-state index in [4.69, 9.17) is 0 Å². The van der Waals surface area contributed by atoms with Gasteiger partial charge in [-0.2, -0.15) is 0 Å². The molecule has 1 fully saturated rings. The third-order valence-corrected chi connectivity index (χ3v) is 4.13. The van der Waals surface area contributed by atoms with Gasteiger partial charge in [-0.3, -0.25) is 4.90 Å². The van der Waals surface area contributed by atoms with Gasteiger partial charge in [-0.25, -0.2) is 4.98 Å². The van der Waals surface area contributed by atoms with E-state index in [1.54, 1.807) is 0 Å². The molecule has 20 heavy (non-hydrogen) atoms. The maximum absolute atomic E-state index is 4.44. The molecule has 0 aromatic carbocycles. The largest absolute Gasteiger partial charge is 0.348 e. The Kier molecular flexibility index (Phi) is 5.01. The molecule has 0 spiro atoms. The first-order valence-corrected chi connectivity index (χ1v) is 7.26. The summed E-state index contributed by atoms with van der Waals surface area (Å²) in [6, 6.07) is 0.593. The van der Waals surface area contributed by atoms with E-state index in [-0.39, 0.29) is 0 Å². The summed E-state index contributed by atoms with van der Waals surface area (Å²) >= 11 is 0. The van der Waals surface area contributed by atoms with Crippen LogP contribution in [0.3, 0.4) is 0 Å². The van der Waals surface area contributed by atoms with Gasteiger partial charge in [0.15, 0.2) is 0 Å². The summed E-state index contributed by atoms with van der Waals surface area (Å²) in [6.45, 7) is 5.34. The molecule has 2 heterocycles. The van der Waals surface area contributed by atoms with E-state index >= 15 is 0 Å².